The lowest BCUT2D eigenvalue weighted by atomic mass is 10.2. The first-order valence-electron chi connectivity index (χ1n) is 5.94. The molecule has 0 bridgehead atoms. The molecule has 1 aliphatic carbocycles. The Kier molecular flexibility index (Phi) is 3.87. The molecular formula is C13H15ClN2O2. The third-order valence-electron chi connectivity index (χ3n) is 3.03. The van der Waals surface area contributed by atoms with E-state index in [4.69, 9.17) is 11.6 Å². The van der Waals surface area contributed by atoms with Gasteiger partial charge in [0.1, 0.15) is 0 Å². The summed E-state index contributed by atoms with van der Waals surface area (Å²) in [5.41, 5.74) is 0.299. The van der Waals surface area contributed by atoms with E-state index in [9.17, 15) is 9.59 Å². The average Bonchev–Trinajstić information content (AvgIpc) is 3.12. The van der Waals surface area contributed by atoms with Gasteiger partial charge >= 0.3 is 6.03 Å². The first-order chi connectivity index (χ1) is 8.58. The number of rotatable bonds is 3. The Bertz CT molecular complexity index is 472. The van der Waals surface area contributed by atoms with Gasteiger partial charge in [0.15, 0.2) is 0 Å². The van der Waals surface area contributed by atoms with Crippen molar-refractivity contribution in [1.82, 2.24) is 10.6 Å². The van der Waals surface area contributed by atoms with E-state index >= 15 is 0 Å². The molecule has 0 saturated heterocycles. The molecule has 0 heterocycles. The number of hydrogen-bond donors (Lipinski definition) is 2. The smallest absolute Gasteiger partial charge is 0.321 e. The molecule has 0 aliphatic heterocycles. The van der Waals surface area contributed by atoms with Crippen LogP contribution in [0.2, 0.25) is 5.02 Å². The fourth-order valence-corrected chi connectivity index (χ4v) is 1.99. The molecule has 2 rings (SSSR count). The molecule has 0 unspecified atom stereocenters. The summed E-state index contributed by atoms with van der Waals surface area (Å²) in [4.78, 5) is 23.4. The fraction of sp³-hybridized carbons (Fsp3) is 0.385. The van der Waals surface area contributed by atoms with Crippen LogP contribution in [0.5, 0.6) is 0 Å². The quantitative estimate of drug-likeness (QED) is 0.883. The Morgan fingerprint density at radius 2 is 2.00 bits per heavy atom. The predicted octanol–water partition coefficient (Wildman–Crippen LogP) is 2.58. The highest BCUT2D eigenvalue weighted by molar-refractivity contribution is 6.34. The van der Waals surface area contributed by atoms with Gasteiger partial charge in [0.2, 0.25) is 0 Å². The summed E-state index contributed by atoms with van der Waals surface area (Å²) in [6.07, 6.45) is 2.28. The minimum atomic E-state index is -0.485. The van der Waals surface area contributed by atoms with Gasteiger partial charge in [-0.15, -0.1) is 0 Å². The molecular weight excluding hydrogens is 252 g/mol. The Morgan fingerprint density at radius 1 is 1.33 bits per heavy atom. The maximum atomic E-state index is 11.8. The zero-order chi connectivity index (χ0) is 13.1. The maximum absolute atomic E-state index is 11.8. The second-order valence-corrected chi connectivity index (χ2v) is 4.94. The van der Waals surface area contributed by atoms with Crippen LogP contribution >= 0.6 is 11.6 Å². The predicted molar refractivity (Wildman–Crippen MR) is 69.6 cm³/mol. The molecule has 1 aromatic carbocycles. The molecule has 3 amide bonds. The summed E-state index contributed by atoms with van der Waals surface area (Å²) in [5.74, 6) is 0.0623. The summed E-state index contributed by atoms with van der Waals surface area (Å²) in [7, 11) is 0. The summed E-state index contributed by atoms with van der Waals surface area (Å²) < 4.78 is 0. The van der Waals surface area contributed by atoms with Crippen molar-refractivity contribution < 1.29 is 9.59 Å². The van der Waals surface area contributed by atoms with Gasteiger partial charge in [-0.25, -0.2) is 4.79 Å². The fourth-order valence-electron chi connectivity index (χ4n) is 1.77. The van der Waals surface area contributed by atoms with E-state index in [1.807, 2.05) is 6.92 Å². The molecule has 1 aliphatic rings. The largest absolute Gasteiger partial charge is 0.335 e. The van der Waals surface area contributed by atoms with Gasteiger partial charge in [0, 0.05) is 6.04 Å². The molecule has 4 nitrogen and oxygen atoms in total. The van der Waals surface area contributed by atoms with E-state index < -0.39 is 11.9 Å². The van der Waals surface area contributed by atoms with E-state index in [0.717, 1.165) is 12.8 Å². The first-order valence-corrected chi connectivity index (χ1v) is 6.32. The lowest BCUT2D eigenvalue weighted by molar-refractivity contribution is 0.0963. The van der Waals surface area contributed by atoms with Gasteiger partial charge < -0.3 is 5.32 Å². The minimum absolute atomic E-state index is 0.101. The zero-order valence-corrected chi connectivity index (χ0v) is 10.8. The summed E-state index contributed by atoms with van der Waals surface area (Å²) in [6.45, 7) is 1.94. The number of urea groups is 1. The summed E-state index contributed by atoms with van der Waals surface area (Å²) in [5, 5.41) is 5.36. The summed E-state index contributed by atoms with van der Waals surface area (Å²) in [6, 6.07) is 6.25. The minimum Gasteiger partial charge on any atom is -0.335 e. The molecule has 18 heavy (non-hydrogen) atoms. The van der Waals surface area contributed by atoms with Crippen LogP contribution in [0.25, 0.3) is 0 Å². The Morgan fingerprint density at radius 3 is 2.61 bits per heavy atom. The number of carbonyl (C=O) groups is 2. The Hall–Kier alpha value is -1.55. The lowest BCUT2D eigenvalue weighted by Gasteiger charge is -2.13. The van der Waals surface area contributed by atoms with Crippen molar-refractivity contribution in [2.24, 2.45) is 5.92 Å². The maximum Gasteiger partial charge on any atom is 0.321 e. The number of carbonyl (C=O) groups excluding carboxylic acids is 2. The normalized spacial score (nSPS) is 15.9. The van der Waals surface area contributed by atoms with Crippen LogP contribution in [-0.2, 0) is 0 Å². The SMILES string of the molecule is C[C@@H](NC(=O)NC(=O)c1ccccc1Cl)C1CC1. The van der Waals surface area contributed by atoms with Crippen molar-refractivity contribution >= 4 is 23.5 Å². The number of hydrogen-bond acceptors (Lipinski definition) is 2. The van der Waals surface area contributed by atoms with Crippen molar-refractivity contribution in [1.29, 1.82) is 0 Å². The van der Waals surface area contributed by atoms with Crippen LogP contribution in [0.4, 0.5) is 4.79 Å². The van der Waals surface area contributed by atoms with Crippen molar-refractivity contribution in [3.8, 4) is 0 Å². The van der Waals surface area contributed by atoms with Crippen molar-refractivity contribution in [3.63, 3.8) is 0 Å². The van der Waals surface area contributed by atoms with E-state index in [1.54, 1.807) is 24.3 Å². The topological polar surface area (TPSA) is 58.2 Å². The highest BCUT2D eigenvalue weighted by Crippen LogP contribution is 2.32. The molecule has 1 aromatic rings. The van der Waals surface area contributed by atoms with Gasteiger partial charge in [-0.3, -0.25) is 10.1 Å². The molecule has 1 fully saturated rings. The van der Waals surface area contributed by atoms with Crippen LogP contribution in [0.1, 0.15) is 30.1 Å². The summed E-state index contributed by atoms with van der Waals surface area (Å²) >= 11 is 5.88. The monoisotopic (exact) mass is 266 g/mol. The third kappa shape index (κ3) is 3.23. The molecule has 0 spiro atoms. The van der Waals surface area contributed by atoms with Crippen molar-refractivity contribution in [3.05, 3.63) is 34.9 Å². The molecule has 1 atom stereocenters. The number of amides is 3. The highest BCUT2D eigenvalue weighted by atomic mass is 35.5. The lowest BCUT2D eigenvalue weighted by Crippen LogP contribution is -2.44. The molecule has 2 N–H and O–H groups in total. The van der Waals surface area contributed by atoms with Crippen LogP contribution in [0, 0.1) is 5.92 Å². The third-order valence-corrected chi connectivity index (χ3v) is 3.36. The second-order valence-electron chi connectivity index (χ2n) is 4.53. The zero-order valence-electron chi connectivity index (χ0n) is 10.1. The van der Waals surface area contributed by atoms with Gasteiger partial charge in [-0.1, -0.05) is 23.7 Å². The average molecular weight is 267 g/mol. The van der Waals surface area contributed by atoms with Crippen LogP contribution in [0.15, 0.2) is 24.3 Å². The van der Waals surface area contributed by atoms with Gasteiger partial charge in [-0.05, 0) is 37.8 Å². The Labute approximate surface area is 111 Å². The van der Waals surface area contributed by atoms with Crippen LogP contribution in [0.3, 0.4) is 0 Å². The van der Waals surface area contributed by atoms with Crippen molar-refractivity contribution in [2.75, 3.05) is 0 Å². The van der Waals surface area contributed by atoms with Gasteiger partial charge in [-0.2, -0.15) is 0 Å². The van der Waals surface area contributed by atoms with Gasteiger partial charge in [0.25, 0.3) is 5.91 Å². The highest BCUT2D eigenvalue weighted by Gasteiger charge is 2.29. The van der Waals surface area contributed by atoms with E-state index in [-0.39, 0.29) is 6.04 Å². The molecule has 1 saturated carbocycles. The van der Waals surface area contributed by atoms with E-state index in [0.29, 0.717) is 16.5 Å². The number of nitrogens with one attached hydrogen (secondary N) is 2. The number of halogens is 1. The second kappa shape index (κ2) is 5.40. The Balaban J connectivity index is 1.90. The van der Waals surface area contributed by atoms with E-state index in [1.165, 1.54) is 0 Å². The van der Waals surface area contributed by atoms with Crippen LogP contribution < -0.4 is 10.6 Å². The molecule has 5 heteroatoms. The standard InChI is InChI=1S/C13H15ClN2O2/c1-8(9-6-7-9)15-13(18)16-12(17)10-4-2-3-5-11(10)14/h2-5,8-9H,6-7H2,1H3,(H2,15,16,17,18)/t8-/m1/s1. The van der Waals surface area contributed by atoms with E-state index in [2.05, 4.69) is 10.6 Å². The molecule has 0 radical (unpaired) electrons. The number of imide groups is 1. The van der Waals surface area contributed by atoms with Crippen molar-refractivity contribution in [2.45, 2.75) is 25.8 Å². The van der Waals surface area contributed by atoms with Gasteiger partial charge in [0.05, 0.1) is 10.6 Å². The number of benzene rings is 1. The molecule has 96 valence electrons. The van der Waals surface area contributed by atoms with Crippen LogP contribution in [-0.4, -0.2) is 18.0 Å². The first kappa shape index (κ1) is 12.9. The molecule has 0 aromatic heterocycles.